The van der Waals surface area contributed by atoms with E-state index in [9.17, 15) is 8.42 Å². The molecule has 0 saturated carbocycles. The molecule has 1 aromatic heterocycles. The van der Waals surface area contributed by atoms with Crippen molar-refractivity contribution in [2.24, 2.45) is 0 Å². The molecule has 0 spiro atoms. The Morgan fingerprint density at radius 3 is 2.39 bits per heavy atom. The van der Waals surface area contributed by atoms with E-state index in [1.54, 1.807) is 36.4 Å². The van der Waals surface area contributed by atoms with Crippen LogP contribution < -0.4 is 4.72 Å². The molecule has 28 heavy (non-hydrogen) atoms. The van der Waals surface area contributed by atoms with Crippen LogP contribution in [-0.2, 0) is 23.0 Å². The highest BCUT2D eigenvalue weighted by molar-refractivity contribution is 7.92. The number of nitrogens with one attached hydrogen (secondary N) is 1. The molecular weight excluding hydrogens is 370 g/mol. The van der Waals surface area contributed by atoms with Crippen LogP contribution in [0.25, 0.3) is 11.0 Å². The molecule has 3 aromatic carbocycles. The lowest BCUT2D eigenvalue weighted by molar-refractivity contribution is 0.601. The zero-order chi connectivity index (χ0) is 19.6. The van der Waals surface area contributed by atoms with E-state index >= 15 is 0 Å². The molecule has 0 aliphatic carbocycles. The van der Waals surface area contributed by atoms with E-state index in [1.807, 2.05) is 43.6 Å². The van der Waals surface area contributed by atoms with Crippen molar-refractivity contribution in [2.45, 2.75) is 24.8 Å². The molecule has 4 aromatic rings. The van der Waals surface area contributed by atoms with Crippen LogP contribution in [0.2, 0.25) is 0 Å². The summed E-state index contributed by atoms with van der Waals surface area (Å²) in [5, 5.41) is 0. The zero-order valence-corrected chi connectivity index (χ0v) is 16.4. The predicted molar refractivity (Wildman–Crippen MR) is 112 cm³/mol. The smallest absolute Gasteiger partial charge is 0.261 e. The fourth-order valence-corrected chi connectivity index (χ4v) is 4.17. The monoisotopic (exact) mass is 391 g/mol. The molecule has 0 radical (unpaired) electrons. The Hall–Kier alpha value is -3.12. The third-order valence-corrected chi connectivity index (χ3v) is 6.10. The molecule has 4 rings (SSSR count). The molecule has 0 unspecified atom stereocenters. The second-order valence-corrected chi connectivity index (χ2v) is 8.47. The van der Waals surface area contributed by atoms with Gasteiger partial charge >= 0.3 is 0 Å². The molecular formula is C22H21N3O2S. The molecule has 0 fully saturated rings. The summed E-state index contributed by atoms with van der Waals surface area (Å²) in [7, 11) is -3.58. The minimum absolute atomic E-state index is 0.258. The van der Waals surface area contributed by atoms with Gasteiger partial charge in [0.05, 0.1) is 22.3 Å². The number of anilines is 1. The maximum absolute atomic E-state index is 12.5. The van der Waals surface area contributed by atoms with E-state index in [2.05, 4.69) is 20.3 Å². The van der Waals surface area contributed by atoms with Gasteiger partial charge in [0.25, 0.3) is 10.0 Å². The Balaban J connectivity index is 1.43. The van der Waals surface area contributed by atoms with Gasteiger partial charge in [0, 0.05) is 12.2 Å². The van der Waals surface area contributed by atoms with Crippen LogP contribution in [0, 0.1) is 6.92 Å². The number of nitrogens with zero attached hydrogens (tertiary/aromatic N) is 2. The highest BCUT2D eigenvalue weighted by Crippen LogP contribution is 2.18. The second kappa shape index (κ2) is 7.48. The summed E-state index contributed by atoms with van der Waals surface area (Å²) in [5.74, 6) is 0. The van der Waals surface area contributed by atoms with Crippen LogP contribution in [0.3, 0.4) is 0 Å². The van der Waals surface area contributed by atoms with Crippen LogP contribution in [0.15, 0.2) is 84.0 Å². The number of para-hydroxylation sites is 2. The number of rotatable bonds is 6. The lowest BCUT2D eigenvalue weighted by atomic mass is 10.1. The maximum atomic E-state index is 12.5. The van der Waals surface area contributed by atoms with Crippen molar-refractivity contribution >= 4 is 26.7 Å². The van der Waals surface area contributed by atoms with E-state index in [1.165, 1.54) is 0 Å². The standard InChI is InChI=1S/C22H21N3O2S/c1-17-6-12-20(13-7-17)28(26,27)24-19-10-8-18(9-11-19)14-15-25-16-23-21-4-2-3-5-22(21)25/h2-13,16,24H,14-15H2,1H3. The molecule has 0 atom stereocenters. The van der Waals surface area contributed by atoms with Crippen LogP contribution in [0.1, 0.15) is 11.1 Å². The molecule has 142 valence electrons. The van der Waals surface area contributed by atoms with Crippen molar-refractivity contribution in [3.05, 3.63) is 90.3 Å². The number of imidazole rings is 1. The first-order valence-corrected chi connectivity index (χ1v) is 10.6. The van der Waals surface area contributed by atoms with Gasteiger partial charge in [-0.15, -0.1) is 0 Å². The predicted octanol–water partition coefficient (Wildman–Crippen LogP) is 4.39. The van der Waals surface area contributed by atoms with Crippen molar-refractivity contribution in [3.8, 4) is 0 Å². The summed E-state index contributed by atoms with van der Waals surface area (Å²) in [4.78, 5) is 4.66. The quantitative estimate of drug-likeness (QED) is 0.530. The summed E-state index contributed by atoms with van der Waals surface area (Å²) < 4.78 is 29.7. The summed E-state index contributed by atoms with van der Waals surface area (Å²) in [6, 6.07) is 22.4. The van der Waals surface area contributed by atoms with Crippen molar-refractivity contribution in [1.29, 1.82) is 0 Å². The van der Waals surface area contributed by atoms with Crippen molar-refractivity contribution in [3.63, 3.8) is 0 Å². The number of benzene rings is 3. The molecule has 0 amide bonds. The van der Waals surface area contributed by atoms with Gasteiger partial charge in [0.15, 0.2) is 0 Å². The first-order valence-electron chi connectivity index (χ1n) is 9.10. The lowest BCUT2D eigenvalue weighted by Gasteiger charge is -2.10. The Bertz CT molecular complexity index is 1190. The van der Waals surface area contributed by atoms with Crippen molar-refractivity contribution < 1.29 is 8.42 Å². The molecule has 0 saturated heterocycles. The van der Waals surface area contributed by atoms with Gasteiger partial charge in [-0.25, -0.2) is 13.4 Å². The van der Waals surface area contributed by atoms with Gasteiger partial charge in [-0.2, -0.15) is 0 Å². The van der Waals surface area contributed by atoms with Crippen LogP contribution in [-0.4, -0.2) is 18.0 Å². The molecule has 6 heteroatoms. The third-order valence-electron chi connectivity index (χ3n) is 4.71. The topological polar surface area (TPSA) is 64.0 Å². The number of fused-ring (bicyclic) bond motifs is 1. The first kappa shape index (κ1) is 18.3. The Kier molecular flexibility index (Phi) is 4.88. The number of sulfonamides is 1. The fraction of sp³-hybridized carbons (Fsp3) is 0.136. The van der Waals surface area contributed by atoms with E-state index in [0.717, 1.165) is 35.1 Å². The average molecular weight is 391 g/mol. The number of hydrogen-bond acceptors (Lipinski definition) is 3. The minimum atomic E-state index is -3.58. The fourth-order valence-electron chi connectivity index (χ4n) is 3.11. The average Bonchev–Trinajstić information content (AvgIpc) is 3.11. The zero-order valence-electron chi connectivity index (χ0n) is 15.5. The normalized spacial score (nSPS) is 11.6. The van der Waals surface area contributed by atoms with Crippen LogP contribution in [0.5, 0.6) is 0 Å². The van der Waals surface area contributed by atoms with E-state index < -0.39 is 10.0 Å². The highest BCUT2D eigenvalue weighted by atomic mass is 32.2. The van der Waals surface area contributed by atoms with E-state index in [-0.39, 0.29) is 4.90 Å². The van der Waals surface area contributed by atoms with Crippen molar-refractivity contribution in [1.82, 2.24) is 9.55 Å². The summed E-state index contributed by atoms with van der Waals surface area (Å²) >= 11 is 0. The van der Waals surface area contributed by atoms with Gasteiger partial charge in [0.2, 0.25) is 0 Å². The van der Waals surface area contributed by atoms with Crippen molar-refractivity contribution in [2.75, 3.05) is 4.72 Å². The van der Waals surface area contributed by atoms with Crippen LogP contribution >= 0.6 is 0 Å². The Morgan fingerprint density at radius 2 is 1.64 bits per heavy atom. The van der Waals surface area contributed by atoms with E-state index in [0.29, 0.717) is 5.69 Å². The first-order chi connectivity index (χ1) is 13.5. The molecule has 1 heterocycles. The van der Waals surface area contributed by atoms with E-state index in [4.69, 9.17) is 0 Å². The van der Waals surface area contributed by atoms with Gasteiger partial charge in [0.1, 0.15) is 0 Å². The molecule has 0 aliphatic heterocycles. The molecule has 0 bridgehead atoms. The SMILES string of the molecule is Cc1ccc(S(=O)(=O)Nc2ccc(CCn3cnc4ccccc43)cc2)cc1. The second-order valence-electron chi connectivity index (χ2n) is 6.79. The number of aryl methyl sites for hydroxylation is 3. The molecule has 1 N–H and O–H groups in total. The summed E-state index contributed by atoms with van der Waals surface area (Å²) in [5.41, 5.74) is 4.82. The maximum Gasteiger partial charge on any atom is 0.261 e. The largest absolute Gasteiger partial charge is 0.330 e. The number of aromatic nitrogens is 2. The third kappa shape index (κ3) is 3.92. The molecule has 0 aliphatic rings. The number of hydrogen-bond donors (Lipinski definition) is 1. The summed E-state index contributed by atoms with van der Waals surface area (Å²) in [6.45, 7) is 2.74. The Labute approximate surface area is 164 Å². The molecule has 5 nitrogen and oxygen atoms in total. The van der Waals surface area contributed by atoms with Gasteiger partial charge in [-0.3, -0.25) is 4.72 Å². The summed E-state index contributed by atoms with van der Waals surface area (Å²) in [6.07, 6.45) is 2.69. The van der Waals surface area contributed by atoms with Gasteiger partial charge in [-0.05, 0) is 55.3 Å². The lowest BCUT2D eigenvalue weighted by Crippen LogP contribution is -2.12. The van der Waals surface area contributed by atoms with Crippen LogP contribution in [0.4, 0.5) is 5.69 Å². The van der Waals surface area contributed by atoms with Gasteiger partial charge in [-0.1, -0.05) is 42.0 Å². The highest BCUT2D eigenvalue weighted by Gasteiger charge is 2.13. The minimum Gasteiger partial charge on any atom is -0.330 e. The van der Waals surface area contributed by atoms with Gasteiger partial charge < -0.3 is 4.57 Å². The Morgan fingerprint density at radius 1 is 0.929 bits per heavy atom.